The Morgan fingerprint density at radius 2 is 1.94 bits per heavy atom. The number of carbonyl (C=O) groups is 2. The summed E-state index contributed by atoms with van der Waals surface area (Å²) in [7, 11) is 1.53. The van der Waals surface area contributed by atoms with Crippen LogP contribution in [0.15, 0.2) is 48.5 Å². The van der Waals surface area contributed by atoms with Crippen molar-refractivity contribution >= 4 is 17.6 Å². The highest BCUT2D eigenvalue weighted by molar-refractivity contribution is 6.03. The molecule has 1 aliphatic rings. The third-order valence-electron chi connectivity index (χ3n) is 5.88. The second kappa shape index (κ2) is 9.33. The van der Waals surface area contributed by atoms with Gasteiger partial charge in [0, 0.05) is 18.7 Å². The van der Waals surface area contributed by atoms with E-state index in [1.807, 2.05) is 37.3 Å². The SMILES string of the molecule is COc1ccccc1C(=O)NCc1ccc(-c2nn([C@H]3CCO[C@H]3C)c(N)c2C(N)=O)cc1. The molecule has 2 amide bonds. The van der Waals surface area contributed by atoms with E-state index >= 15 is 0 Å². The van der Waals surface area contributed by atoms with E-state index in [4.69, 9.17) is 20.9 Å². The lowest BCUT2D eigenvalue weighted by Crippen LogP contribution is -2.23. The molecule has 2 heterocycles. The molecule has 33 heavy (non-hydrogen) atoms. The molecule has 1 aliphatic heterocycles. The van der Waals surface area contributed by atoms with Crippen LogP contribution in [-0.2, 0) is 11.3 Å². The number of nitrogen functional groups attached to an aromatic ring is 1. The van der Waals surface area contributed by atoms with Gasteiger partial charge in [-0.1, -0.05) is 36.4 Å². The van der Waals surface area contributed by atoms with Crippen LogP contribution in [0, 0.1) is 0 Å². The first-order valence-electron chi connectivity index (χ1n) is 10.7. The minimum absolute atomic E-state index is 0.0543. The largest absolute Gasteiger partial charge is 0.496 e. The van der Waals surface area contributed by atoms with Crippen molar-refractivity contribution in [3.8, 4) is 17.0 Å². The van der Waals surface area contributed by atoms with Crippen molar-refractivity contribution in [1.82, 2.24) is 15.1 Å². The number of primary amides is 1. The average molecular weight is 450 g/mol. The maximum atomic E-state index is 12.5. The summed E-state index contributed by atoms with van der Waals surface area (Å²) in [6.07, 6.45) is 0.699. The van der Waals surface area contributed by atoms with Crippen LogP contribution in [0.5, 0.6) is 5.75 Å². The average Bonchev–Trinajstić information content (AvgIpc) is 3.40. The predicted molar refractivity (Wildman–Crippen MR) is 124 cm³/mol. The highest BCUT2D eigenvalue weighted by Gasteiger charge is 2.31. The van der Waals surface area contributed by atoms with Crippen molar-refractivity contribution in [2.75, 3.05) is 19.5 Å². The number of benzene rings is 2. The van der Waals surface area contributed by atoms with Crippen molar-refractivity contribution in [3.63, 3.8) is 0 Å². The summed E-state index contributed by atoms with van der Waals surface area (Å²) in [5.41, 5.74) is 14.6. The molecule has 9 nitrogen and oxygen atoms in total. The van der Waals surface area contributed by atoms with Gasteiger partial charge in [-0.3, -0.25) is 9.59 Å². The summed E-state index contributed by atoms with van der Waals surface area (Å²) in [6.45, 7) is 2.89. The summed E-state index contributed by atoms with van der Waals surface area (Å²) in [6, 6.07) is 14.4. The van der Waals surface area contributed by atoms with Crippen molar-refractivity contribution in [3.05, 3.63) is 65.2 Å². The van der Waals surface area contributed by atoms with E-state index in [0.29, 0.717) is 35.7 Å². The Morgan fingerprint density at radius 1 is 1.21 bits per heavy atom. The predicted octanol–water partition coefficient (Wildman–Crippen LogP) is 2.52. The molecule has 0 bridgehead atoms. The third-order valence-corrected chi connectivity index (χ3v) is 5.88. The Morgan fingerprint density at radius 3 is 2.58 bits per heavy atom. The van der Waals surface area contributed by atoms with E-state index in [1.165, 1.54) is 7.11 Å². The molecule has 4 rings (SSSR count). The van der Waals surface area contributed by atoms with Gasteiger partial charge in [0.05, 0.1) is 24.8 Å². The van der Waals surface area contributed by atoms with Gasteiger partial charge in [-0.2, -0.15) is 5.10 Å². The molecular weight excluding hydrogens is 422 g/mol. The van der Waals surface area contributed by atoms with Crippen LogP contribution in [0.2, 0.25) is 0 Å². The zero-order valence-corrected chi connectivity index (χ0v) is 18.6. The van der Waals surface area contributed by atoms with E-state index < -0.39 is 5.91 Å². The number of nitrogens with two attached hydrogens (primary N) is 2. The fourth-order valence-corrected chi connectivity index (χ4v) is 4.08. The maximum Gasteiger partial charge on any atom is 0.255 e. The second-order valence-electron chi connectivity index (χ2n) is 7.93. The molecule has 2 aromatic carbocycles. The number of carbonyl (C=O) groups excluding carboxylic acids is 2. The minimum Gasteiger partial charge on any atom is -0.496 e. The lowest BCUT2D eigenvalue weighted by atomic mass is 10.0. The fourth-order valence-electron chi connectivity index (χ4n) is 4.08. The summed E-state index contributed by atoms with van der Waals surface area (Å²) in [5.74, 6) is -0.104. The molecule has 9 heteroatoms. The highest BCUT2D eigenvalue weighted by atomic mass is 16.5. The summed E-state index contributed by atoms with van der Waals surface area (Å²) < 4.78 is 12.5. The summed E-state index contributed by atoms with van der Waals surface area (Å²) >= 11 is 0. The number of amides is 2. The standard InChI is InChI=1S/C24H27N5O4/c1-14-18(11-12-33-14)29-22(25)20(23(26)30)21(28-29)16-9-7-15(8-10-16)13-27-24(31)17-5-3-4-6-19(17)32-2/h3-10,14,18H,11-13,25H2,1-2H3,(H2,26,30)(H,27,31)/t14-,18-/m0/s1. The van der Waals surface area contributed by atoms with Crippen LogP contribution < -0.4 is 21.5 Å². The van der Waals surface area contributed by atoms with Gasteiger partial charge in [-0.15, -0.1) is 0 Å². The molecule has 1 saturated heterocycles. The molecule has 3 aromatic rings. The molecule has 0 aliphatic carbocycles. The molecular formula is C24H27N5O4. The first-order chi connectivity index (χ1) is 15.9. The van der Waals surface area contributed by atoms with Crippen molar-refractivity contribution in [1.29, 1.82) is 0 Å². The van der Waals surface area contributed by atoms with Gasteiger partial charge in [0.25, 0.3) is 11.8 Å². The van der Waals surface area contributed by atoms with E-state index in [0.717, 1.165) is 12.0 Å². The van der Waals surface area contributed by atoms with E-state index in [-0.39, 0.29) is 29.4 Å². The molecule has 0 saturated carbocycles. The zero-order chi connectivity index (χ0) is 23.5. The topological polar surface area (TPSA) is 134 Å². The minimum atomic E-state index is -0.631. The number of anilines is 1. The number of ether oxygens (including phenoxy) is 2. The fraction of sp³-hybridized carbons (Fsp3) is 0.292. The second-order valence-corrected chi connectivity index (χ2v) is 7.93. The highest BCUT2D eigenvalue weighted by Crippen LogP contribution is 2.34. The zero-order valence-electron chi connectivity index (χ0n) is 18.6. The Kier molecular flexibility index (Phi) is 6.32. The van der Waals surface area contributed by atoms with Gasteiger partial charge in [-0.25, -0.2) is 4.68 Å². The smallest absolute Gasteiger partial charge is 0.255 e. The normalized spacial score (nSPS) is 17.6. The lowest BCUT2D eigenvalue weighted by molar-refractivity contribution is 0.0946. The monoisotopic (exact) mass is 449 g/mol. The molecule has 5 N–H and O–H groups in total. The maximum absolute atomic E-state index is 12.5. The lowest BCUT2D eigenvalue weighted by Gasteiger charge is -2.16. The number of para-hydroxylation sites is 1. The van der Waals surface area contributed by atoms with Gasteiger partial charge < -0.3 is 26.3 Å². The van der Waals surface area contributed by atoms with E-state index in [2.05, 4.69) is 10.4 Å². The quantitative estimate of drug-likeness (QED) is 0.507. The van der Waals surface area contributed by atoms with Crippen LogP contribution >= 0.6 is 0 Å². The summed E-state index contributed by atoms with van der Waals surface area (Å²) in [5, 5.41) is 7.51. The first-order valence-corrected chi connectivity index (χ1v) is 10.7. The Hall–Kier alpha value is -3.85. The number of rotatable bonds is 7. The summed E-state index contributed by atoms with van der Waals surface area (Å²) in [4.78, 5) is 24.7. The molecule has 1 fully saturated rings. The van der Waals surface area contributed by atoms with Crippen LogP contribution in [0.25, 0.3) is 11.3 Å². The number of nitrogens with one attached hydrogen (secondary N) is 1. The first kappa shape index (κ1) is 22.3. The number of hydrogen-bond acceptors (Lipinski definition) is 6. The van der Waals surface area contributed by atoms with Crippen LogP contribution in [0.4, 0.5) is 5.82 Å². The van der Waals surface area contributed by atoms with E-state index in [9.17, 15) is 9.59 Å². The number of methoxy groups -OCH3 is 1. The van der Waals surface area contributed by atoms with Gasteiger partial charge in [0.15, 0.2) is 0 Å². The van der Waals surface area contributed by atoms with Crippen LogP contribution in [-0.4, -0.2) is 41.4 Å². The van der Waals surface area contributed by atoms with Crippen LogP contribution in [0.1, 0.15) is 45.7 Å². The van der Waals surface area contributed by atoms with Gasteiger partial charge in [0.1, 0.15) is 22.8 Å². The van der Waals surface area contributed by atoms with E-state index in [1.54, 1.807) is 22.9 Å². The molecule has 172 valence electrons. The van der Waals surface area contributed by atoms with Crippen molar-refractivity contribution < 1.29 is 19.1 Å². The number of hydrogen-bond donors (Lipinski definition) is 3. The van der Waals surface area contributed by atoms with Crippen LogP contribution in [0.3, 0.4) is 0 Å². The van der Waals surface area contributed by atoms with Crippen molar-refractivity contribution in [2.45, 2.75) is 32.0 Å². The third kappa shape index (κ3) is 4.40. The number of nitrogens with zero attached hydrogens (tertiary/aromatic N) is 2. The van der Waals surface area contributed by atoms with Crippen molar-refractivity contribution in [2.24, 2.45) is 5.73 Å². The molecule has 2 atom stereocenters. The Labute approximate surface area is 191 Å². The Balaban J connectivity index is 1.53. The van der Waals surface area contributed by atoms with Gasteiger partial charge in [-0.05, 0) is 31.0 Å². The molecule has 1 aromatic heterocycles. The molecule has 0 radical (unpaired) electrons. The van der Waals surface area contributed by atoms with Gasteiger partial charge in [0.2, 0.25) is 0 Å². The Bertz CT molecular complexity index is 1170. The molecule has 0 unspecified atom stereocenters. The van der Waals surface area contributed by atoms with Gasteiger partial charge >= 0.3 is 0 Å². The number of aromatic nitrogens is 2. The molecule has 0 spiro atoms.